The highest BCUT2D eigenvalue weighted by molar-refractivity contribution is 6.06. The van der Waals surface area contributed by atoms with E-state index in [1.54, 1.807) is 0 Å². The van der Waals surface area contributed by atoms with Crippen LogP contribution in [0.5, 0.6) is 0 Å². The lowest BCUT2D eigenvalue weighted by atomic mass is 10.0. The molecule has 0 unspecified atom stereocenters. The molecule has 0 aliphatic rings. The highest BCUT2D eigenvalue weighted by Crippen LogP contribution is 2.30. The molecule has 6 aromatic rings. The van der Waals surface area contributed by atoms with Crippen molar-refractivity contribution in [3.63, 3.8) is 0 Å². The highest BCUT2D eigenvalue weighted by atomic mass is 14.8. The number of hydrogen-bond acceptors (Lipinski definition) is 1. The fraction of sp³-hybridized carbons (Fsp3) is 0.0333. The fourth-order valence-corrected chi connectivity index (χ4v) is 4.34. The molecule has 3 heteroatoms. The van der Waals surface area contributed by atoms with Gasteiger partial charge in [-0.3, -0.25) is 4.99 Å². The van der Waals surface area contributed by atoms with Crippen LogP contribution in [0.3, 0.4) is 0 Å². The van der Waals surface area contributed by atoms with E-state index in [1.165, 1.54) is 16.3 Å². The van der Waals surface area contributed by atoms with Gasteiger partial charge >= 0.3 is 0 Å². The topological polar surface area (TPSA) is 43.9 Å². The number of aromatic nitrogens is 2. The van der Waals surface area contributed by atoms with Gasteiger partial charge in [0.2, 0.25) is 0 Å². The van der Waals surface area contributed by atoms with Crippen LogP contribution in [0, 0.1) is 6.92 Å². The summed E-state index contributed by atoms with van der Waals surface area (Å²) in [6.07, 6.45) is 1.98. The Kier molecular flexibility index (Phi) is 4.66. The SMILES string of the molecule is Cc1ccc(-c2[nH]c3ccccc3c2C=Nc2ccc(-c3cc4ccccc4[nH]3)cc2)cc1. The zero-order valence-corrected chi connectivity index (χ0v) is 18.3. The lowest BCUT2D eigenvalue weighted by molar-refractivity contribution is 1.42. The van der Waals surface area contributed by atoms with E-state index in [-0.39, 0.29) is 0 Å². The molecule has 0 aliphatic carbocycles. The van der Waals surface area contributed by atoms with Crippen LogP contribution in [0.15, 0.2) is 108 Å². The first-order valence-electron chi connectivity index (χ1n) is 11.1. The first kappa shape index (κ1) is 19.3. The molecule has 0 spiro atoms. The first-order valence-corrected chi connectivity index (χ1v) is 11.1. The lowest BCUT2D eigenvalue weighted by Gasteiger charge is -2.03. The van der Waals surface area contributed by atoms with E-state index in [4.69, 9.17) is 4.99 Å². The van der Waals surface area contributed by atoms with Crippen molar-refractivity contribution in [2.75, 3.05) is 0 Å². The minimum Gasteiger partial charge on any atom is -0.355 e. The third-order valence-corrected chi connectivity index (χ3v) is 6.14. The van der Waals surface area contributed by atoms with Crippen molar-refractivity contribution in [2.45, 2.75) is 6.92 Å². The van der Waals surface area contributed by atoms with Gasteiger partial charge in [0.1, 0.15) is 0 Å². The predicted molar refractivity (Wildman–Crippen MR) is 139 cm³/mol. The Hall–Kier alpha value is -4.37. The number of hydrogen-bond donors (Lipinski definition) is 2. The summed E-state index contributed by atoms with van der Waals surface area (Å²) in [6.45, 7) is 2.11. The van der Waals surface area contributed by atoms with E-state index in [0.29, 0.717) is 0 Å². The molecule has 6 rings (SSSR count). The van der Waals surface area contributed by atoms with Crippen LogP contribution >= 0.6 is 0 Å². The van der Waals surface area contributed by atoms with Crippen molar-refractivity contribution >= 4 is 33.7 Å². The van der Waals surface area contributed by atoms with Crippen LogP contribution in [0.1, 0.15) is 11.1 Å². The summed E-state index contributed by atoms with van der Waals surface area (Å²) in [5.41, 5.74) is 10.1. The molecular weight excluding hydrogens is 402 g/mol. The number of benzene rings is 4. The van der Waals surface area contributed by atoms with Crippen LogP contribution in [0.25, 0.3) is 44.3 Å². The second-order valence-electron chi connectivity index (χ2n) is 8.40. The molecule has 4 aromatic carbocycles. The van der Waals surface area contributed by atoms with Crippen LogP contribution < -0.4 is 0 Å². The number of aromatic amines is 2. The van der Waals surface area contributed by atoms with Gasteiger partial charge in [-0.05, 0) is 48.4 Å². The zero-order valence-electron chi connectivity index (χ0n) is 18.3. The zero-order chi connectivity index (χ0) is 22.2. The molecule has 2 aromatic heterocycles. The molecule has 0 amide bonds. The Bertz CT molecular complexity index is 1560. The number of fused-ring (bicyclic) bond motifs is 2. The van der Waals surface area contributed by atoms with E-state index in [9.17, 15) is 0 Å². The number of aliphatic imine (C=N–C) groups is 1. The Morgan fingerprint density at radius 2 is 1.36 bits per heavy atom. The van der Waals surface area contributed by atoms with Gasteiger partial charge in [0, 0.05) is 39.3 Å². The minimum atomic E-state index is 0.926. The molecule has 158 valence electrons. The van der Waals surface area contributed by atoms with Crippen LogP contribution in [0.2, 0.25) is 0 Å². The summed E-state index contributed by atoms with van der Waals surface area (Å²) in [5.74, 6) is 0. The van der Waals surface area contributed by atoms with Crippen molar-refractivity contribution in [2.24, 2.45) is 4.99 Å². The molecule has 0 bridgehead atoms. The molecule has 0 saturated heterocycles. The van der Waals surface area contributed by atoms with Gasteiger partial charge in [0.25, 0.3) is 0 Å². The molecule has 0 atom stereocenters. The second-order valence-corrected chi connectivity index (χ2v) is 8.40. The summed E-state index contributed by atoms with van der Waals surface area (Å²) < 4.78 is 0. The van der Waals surface area contributed by atoms with Crippen LogP contribution in [0.4, 0.5) is 5.69 Å². The Balaban J connectivity index is 1.35. The monoisotopic (exact) mass is 425 g/mol. The van der Waals surface area contributed by atoms with Crippen molar-refractivity contribution in [3.05, 3.63) is 114 Å². The number of para-hydroxylation sites is 2. The summed E-state index contributed by atoms with van der Waals surface area (Å²) >= 11 is 0. The molecule has 0 saturated carbocycles. The van der Waals surface area contributed by atoms with E-state index >= 15 is 0 Å². The summed E-state index contributed by atoms with van der Waals surface area (Å²) in [7, 11) is 0. The summed E-state index contributed by atoms with van der Waals surface area (Å²) in [4.78, 5) is 11.9. The molecule has 2 N–H and O–H groups in total. The average Bonchev–Trinajstić information content (AvgIpc) is 3.45. The van der Waals surface area contributed by atoms with E-state index in [0.717, 1.165) is 44.8 Å². The third-order valence-electron chi connectivity index (χ3n) is 6.14. The van der Waals surface area contributed by atoms with Crippen molar-refractivity contribution in [1.29, 1.82) is 0 Å². The number of nitrogens with one attached hydrogen (secondary N) is 2. The Morgan fingerprint density at radius 1 is 0.667 bits per heavy atom. The number of nitrogens with zero attached hydrogens (tertiary/aromatic N) is 1. The van der Waals surface area contributed by atoms with Gasteiger partial charge < -0.3 is 9.97 Å². The molecular formula is C30H23N3. The summed E-state index contributed by atoms with van der Waals surface area (Å²) in [6, 6.07) is 35.9. The minimum absolute atomic E-state index is 0.926. The van der Waals surface area contributed by atoms with Crippen molar-refractivity contribution in [1.82, 2.24) is 9.97 Å². The van der Waals surface area contributed by atoms with Gasteiger partial charge in [-0.2, -0.15) is 0 Å². The van der Waals surface area contributed by atoms with Gasteiger partial charge in [0.15, 0.2) is 0 Å². The first-order chi connectivity index (χ1) is 16.2. The van der Waals surface area contributed by atoms with Crippen molar-refractivity contribution < 1.29 is 0 Å². The summed E-state index contributed by atoms with van der Waals surface area (Å²) in [5, 5.41) is 2.39. The normalized spacial score (nSPS) is 11.7. The quantitative estimate of drug-likeness (QED) is 0.268. The maximum Gasteiger partial charge on any atom is 0.0630 e. The number of H-pyrrole nitrogens is 2. The Morgan fingerprint density at radius 3 is 2.15 bits per heavy atom. The predicted octanol–water partition coefficient (Wildman–Crippen LogP) is 8.04. The van der Waals surface area contributed by atoms with Gasteiger partial charge in [-0.15, -0.1) is 0 Å². The smallest absolute Gasteiger partial charge is 0.0630 e. The maximum atomic E-state index is 4.82. The van der Waals surface area contributed by atoms with Gasteiger partial charge in [-0.25, -0.2) is 0 Å². The molecule has 33 heavy (non-hydrogen) atoms. The molecule has 0 radical (unpaired) electrons. The Labute approximate surface area is 192 Å². The molecule has 0 aliphatic heterocycles. The maximum absolute atomic E-state index is 4.82. The molecule has 0 fully saturated rings. The van der Waals surface area contributed by atoms with E-state index in [2.05, 4.69) is 120 Å². The largest absolute Gasteiger partial charge is 0.355 e. The fourth-order valence-electron chi connectivity index (χ4n) is 4.34. The van der Waals surface area contributed by atoms with Crippen molar-refractivity contribution in [3.8, 4) is 22.5 Å². The van der Waals surface area contributed by atoms with Gasteiger partial charge in [0.05, 0.1) is 11.4 Å². The molecule has 3 nitrogen and oxygen atoms in total. The van der Waals surface area contributed by atoms with Crippen LogP contribution in [-0.2, 0) is 0 Å². The highest BCUT2D eigenvalue weighted by Gasteiger charge is 2.11. The molecule has 2 heterocycles. The van der Waals surface area contributed by atoms with E-state index < -0.39 is 0 Å². The van der Waals surface area contributed by atoms with Gasteiger partial charge in [-0.1, -0.05) is 78.4 Å². The second kappa shape index (κ2) is 7.95. The standard InChI is InChI=1S/C30H23N3/c1-20-10-12-22(13-11-20)30-26(25-7-3-5-9-28(25)33-30)19-31-24-16-14-21(15-17-24)29-18-23-6-2-4-8-27(23)32-29/h2-19,32-33H,1H3. The van der Waals surface area contributed by atoms with Crippen LogP contribution in [-0.4, -0.2) is 16.2 Å². The average molecular weight is 426 g/mol. The number of rotatable bonds is 4. The van der Waals surface area contributed by atoms with E-state index in [1.807, 2.05) is 6.21 Å². The lowest BCUT2D eigenvalue weighted by Crippen LogP contribution is -1.86. The third kappa shape index (κ3) is 3.64. The number of aryl methyl sites for hydroxylation is 1.